The van der Waals surface area contributed by atoms with Gasteiger partial charge in [-0.1, -0.05) is 32.0 Å². The van der Waals surface area contributed by atoms with Crippen LogP contribution in [-0.2, 0) is 6.42 Å². The van der Waals surface area contributed by atoms with Crippen molar-refractivity contribution in [3.63, 3.8) is 0 Å². The van der Waals surface area contributed by atoms with Gasteiger partial charge in [0.1, 0.15) is 5.75 Å². The Balaban J connectivity index is 2.06. The summed E-state index contributed by atoms with van der Waals surface area (Å²) in [5.41, 5.74) is 1.37. The maximum absolute atomic E-state index is 6.11. The van der Waals surface area contributed by atoms with Gasteiger partial charge in [-0.25, -0.2) is 0 Å². The summed E-state index contributed by atoms with van der Waals surface area (Å²) in [7, 11) is 0. The Morgan fingerprint density at radius 2 is 1.88 bits per heavy atom. The summed E-state index contributed by atoms with van der Waals surface area (Å²) in [5, 5.41) is 0. The second-order valence-electron chi connectivity index (χ2n) is 5.23. The Bertz CT molecular complexity index is 324. The van der Waals surface area contributed by atoms with Crippen LogP contribution < -0.4 is 4.74 Å². The average molecular weight is 218 g/mol. The summed E-state index contributed by atoms with van der Waals surface area (Å²) in [4.78, 5) is 0. The molecule has 1 heteroatoms. The molecule has 0 atom stereocenters. The third-order valence-corrected chi connectivity index (χ3v) is 3.20. The summed E-state index contributed by atoms with van der Waals surface area (Å²) < 4.78 is 6.11. The molecule has 0 radical (unpaired) electrons. The van der Waals surface area contributed by atoms with E-state index in [1.807, 2.05) is 0 Å². The molecule has 0 aliphatic heterocycles. The standard InChI is InChI=1S/C15H22O/c1-12(2)11-13-7-3-6-10-15(13)16-14-8-4-5-9-14/h3,6-7,10,12,14H,4-5,8-9,11H2,1-2H3. The Labute approximate surface area is 98.8 Å². The lowest BCUT2D eigenvalue weighted by Crippen LogP contribution is -2.12. The Morgan fingerprint density at radius 3 is 2.56 bits per heavy atom. The molecule has 0 spiro atoms. The van der Waals surface area contributed by atoms with E-state index in [4.69, 9.17) is 4.74 Å². The molecule has 1 aliphatic rings. The molecule has 0 saturated heterocycles. The SMILES string of the molecule is CC(C)Cc1ccccc1OC1CCCC1. The topological polar surface area (TPSA) is 9.23 Å². The summed E-state index contributed by atoms with van der Waals surface area (Å²) in [6, 6.07) is 8.51. The largest absolute Gasteiger partial charge is 0.490 e. The highest BCUT2D eigenvalue weighted by atomic mass is 16.5. The highest BCUT2D eigenvalue weighted by molar-refractivity contribution is 5.33. The van der Waals surface area contributed by atoms with Crippen LogP contribution in [0.4, 0.5) is 0 Å². The zero-order valence-electron chi connectivity index (χ0n) is 10.4. The van der Waals surface area contributed by atoms with E-state index in [0.717, 1.165) is 12.2 Å². The summed E-state index contributed by atoms with van der Waals surface area (Å²) in [6.07, 6.45) is 6.71. The third kappa shape index (κ3) is 3.01. The maximum Gasteiger partial charge on any atom is 0.122 e. The van der Waals surface area contributed by atoms with E-state index in [0.29, 0.717) is 12.0 Å². The van der Waals surface area contributed by atoms with E-state index in [9.17, 15) is 0 Å². The minimum absolute atomic E-state index is 0.466. The maximum atomic E-state index is 6.11. The van der Waals surface area contributed by atoms with Crippen molar-refractivity contribution in [2.75, 3.05) is 0 Å². The van der Waals surface area contributed by atoms with Gasteiger partial charge in [-0.15, -0.1) is 0 Å². The van der Waals surface area contributed by atoms with Crippen molar-refractivity contribution in [2.45, 2.75) is 52.1 Å². The van der Waals surface area contributed by atoms with E-state index in [1.165, 1.54) is 31.2 Å². The van der Waals surface area contributed by atoms with Gasteiger partial charge in [0.05, 0.1) is 6.10 Å². The molecule has 0 aromatic heterocycles. The van der Waals surface area contributed by atoms with Gasteiger partial charge in [-0.05, 0) is 49.7 Å². The Hall–Kier alpha value is -0.980. The molecule has 0 N–H and O–H groups in total. The van der Waals surface area contributed by atoms with Crippen LogP contribution in [0, 0.1) is 5.92 Å². The van der Waals surface area contributed by atoms with Crippen molar-refractivity contribution in [3.05, 3.63) is 29.8 Å². The smallest absolute Gasteiger partial charge is 0.122 e. The van der Waals surface area contributed by atoms with Crippen LogP contribution in [0.25, 0.3) is 0 Å². The molecule has 1 saturated carbocycles. The first-order valence-corrected chi connectivity index (χ1v) is 6.50. The quantitative estimate of drug-likeness (QED) is 0.735. The molecule has 1 nitrogen and oxygen atoms in total. The molecular formula is C15H22O. The van der Waals surface area contributed by atoms with Crippen molar-refractivity contribution in [1.82, 2.24) is 0 Å². The van der Waals surface area contributed by atoms with E-state index in [-0.39, 0.29) is 0 Å². The monoisotopic (exact) mass is 218 g/mol. The molecule has 0 heterocycles. The number of rotatable bonds is 4. The zero-order valence-corrected chi connectivity index (χ0v) is 10.4. The van der Waals surface area contributed by atoms with Crippen LogP contribution in [0.3, 0.4) is 0 Å². The van der Waals surface area contributed by atoms with Gasteiger partial charge in [0, 0.05) is 0 Å². The van der Waals surface area contributed by atoms with Crippen molar-refractivity contribution in [1.29, 1.82) is 0 Å². The molecule has 0 bridgehead atoms. The first-order chi connectivity index (χ1) is 7.75. The van der Waals surface area contributed by atoms with Gasteiger partial charge in [-0.2, -0.15) is 0 Å². The van der Waals surface area contributed by atoms with Gasteiger partial charge in [-0.3, -0.25) is 0 Å². The number of benzene rings is 1. The number of hydrogen-bond donors (Lipinski definition) is 0. The van der Waals surface area contributed by atoms with Crippen LogP contribution in [0.2, 0.25) is 0 Å². The van der Waals surface area contributed by atoms with E-state index < -0.39 is 0 Å². The molecule has 2 rings (SSSR count). The number of ether oxygens (including phenoxy) is 1. The van der Waals surface area contributed by atoms with Crippen LogP contribution in [-0.4, -0.2) is 6.10 Å². The lowest BCUT2D eigenvalue weighted by atomic mass is 10.0. The minimum atomic E-state index is 0.466. The van der Waals surface area contributed by atoms with Crippen LogP contribution in [0.15, 0.2) is 24.3 Å². The first kappa shape index (κ1) is 11.5. The van der Waals surface area contributed by atoms with Crippen molar-refractivity contribution >= 4 is 0 Å². The van der Waals surface area contributed by atoms with Crippen LogP contribution in [0.1, 0.15) is 45.1 Å². The highest BCUT2D eigenvalue weighted by Crippen LogP contribution is 2.27. The van der Waals surface area contributed by atoms with Crippen LogP contribution >= 0.6 is 0 Å². The van der Waals surface area contributed by atoms with E-state index >= 15 is 0 Å². The van der Waals surface area contributed by atoms with Gasteiger partial charge in [0.15, 0.2) is 0 Å². The lowest BCUT2D eigenvalue weighted by molar-refractivity contribution is 0.207. The Morgan fingerprint density at radius 1 is 1.19 bits per heavy atom. The second kappa shape index (κ2) is 5.38. The van der Waals surface area contributed by atoms with Gasteiger partial charge < -0.3 is 4.74 Å². The minimum Gasteiger partial charge on any atom is -0.490 e. The zero-order chi connectivity index (χ0) is 11.4. The van der Waals surface area contributed by atoms with Crippen molar-refractivity contribution in [2.24, 2.45) is 5.92 Å². The fraction of sp³-hybridized carbons (Fsp3) is 0.600. The molecule has 0 unspecified atom stereocenters. The predicted octanol–water partition coefficient (Wildman–Crippen LogP) is 4.21. The second-order valence-corrected chi connectivity index (χ2v) is 5.23. The van der Waals surface area contributed by atoms with Crippen molar-refractivity contribution < 1.29 is 4.74 Å². The molecule has 1 aromatic carbocycles. The molecule has 1 aliphatic carbocycles. The molecule has 1 aromatic rings. The third-order valence-electron chi connectivity index (χ3n) is 3.20. The summed E-state index contributed by atoms with van der Waals surface area (Å²) in [5.74, 6) is 1.80. The fourth-order valence-electron chi connectivity index (χ4n) is 2.41. The van der Waals surface area contributed by atoms with Crippen LogP contribution in [0.5, 0.6) is 5.75 Å². The summed E-state index contributed by atoms with van der Waals surface area (Å²) >= 11 is 0. The molecule has 0 amide bonds. The highest BCUT2D eigenvalue weighted by Gasteiger charge is 2.17. The number of para-hydroxylation sites is 1. The normalized spacial score (nSPS) is 16.9. The molecule has 16 heavy (non-hydrogen) atoms. The van der Waals surface area contributed by atoms with Gasteiger partial charge in [0.25, 0.3) is 0 Å². The molecule has 88 valence electrons. The Kier molecular flexibility index (Phi) is 3.87. The number of hydrogen-bond acceptors (Lipinski definition) is 1. The fourth-order valence-corrected chi connectivity index (χ4v) is 2.41. The van der Waals surface area contributed by atoms with E-state index in [1.54, 1.807) is 0 Å². The van der Waals surface area contributed by atoms with Crippen molar-refractivity contribution in [3.8, 4) is 5.75 Å². The molecular weight excluding hydrogens is 196 g/mol. The first-order valence-electron chi connectivity index (χ1n) is 6.50. The molecule has 1 fully saturated rings. The lowest BCUT2D eigenvalue weighted by Gasteiger charge is -2.17. The summed E-state index contributed by atoms with van der Waals surface area (Å²) in [6.45, 7) is 4.51. The van der Waals surface area contributed by atoms with Gasteiger partial charge in [0.2, 0.25) is 0 Å². The predicted molar refractivity (Wildman–Crippen MR) is 67.9 cm³/mol. The van der Waals surface area contributed by atoms with E-state index in [2.05, 4.69) is 38.1 Å². The van der Waals surface area contributed by atoms with Gasteiger partial charge >= 0.3 is 0 Å². The average Bonchev–Trinajstić information content (AvgIpc) is 2.73.